The van der Waals surface area contributed by atoms with Gasteiger partial charge in [-0.25, -0.2) is 0 Å². The second-order valence-electron chi connectivity index (χ2n) is 7.63. The van der Waals surface area contributed by atoms with Crippen LogP contribution in [-0.4, -0.2) is 61.6 Å². The SMILES string of the molecule is CCCC(OC)C(CC[CH]([InH2])C=C1C=CN(Cc2ccccc2)C(=O)C1)OC. The molecule has 1 aliphatic heterocycles. The Hall–Kier alpha value is -1.04. The van der Waals surface area contributed by atoms with Crippen molar-refractivity contribution < 1.29 is 14.3 Å². The average molecular weight is 487 g/mol. The van der Waals surface area contributed by atoms with E-state index in [0.29, 0.717) is 41.0 Å². The Morgan fingerprint density at radius 3 is 2.39 bits per heavy atom. The molecule has 1 aliphatic rings. The number of hydrogen-bond acceptors (Lipinski definition) is 3. The van der Waals surface area contributed by atoms with Gasteiger partial charge in [0.25, 0.3) is 0 Å². The fourth-order valence-electron chi connectivity index (χ4n) is 3.71. The van der Waals surface area contributed by atoms with Crippen molar-refractivity contribution in [3.63, 3.8) is 0 Å². The van der Waals surface area contributed by atoms with Crippen molar-refractivity contribution in [3.05, 3.63) is 59.8 Å². The Morgan fingerprint density at radius 1 is 1.11 bits per heavy atom. The standard InChI is InChI=1S/C23H32NO3.In.2H/c1-4-10-21(26-2)22(27-3)14-9-8-11-19-15-16-24(23(25)17-19)18-20-12-6-5-7-13-20;;;/h5-8,11-13,15-16,21-22H,4,9-10,14,17-18H2,1-3H3;;;. The van der Waals surface area contributed by atoms with Crippen molar-refractivity contribution in [2.45, 2.75) is 61.5 Å². The van der Waals surface area contributed by atoms with Crippen LogP contribution in [0.25, 0.3) is 0 Å². The van der Waals surface area contributed by atoms with Gasteiger partial charge in [-0.15, -0.1) is 0 Å². The molecule has 3 unspecified atom stereocenters. The van der Waals surface area contributed by atoms with Crippen LogP contribution < -0.4 is 0 Å². The number of benzene rings is 1. The summed E-state index contributed by atoms with van der Waals surface area (Å²) in [7, 11) is 3.55. The summed E-state index contributed by atoms with van der Waals surface area (Å²) in [5.41, 5.74) is 2.31. The molecule has 0 aromatic heterocycles. The van der Waals surface area contributed by atoms with E-state index >= 15 is 0 Å². The monoisotopic (exact) mass is 487 g/mol. The van der Waals surface area contributed by atoms with Crippen molar-refractivity contribution in [2.75, 3.05) is 14.2 Å². The molecule has 0 radical (unpaired) electrons. The third kappa shape index (κ3) is 7.41. The first-order valence-electron chi connectivity index (χ1n) is 10.3. The summed E-state index contributed by atoms with van der Waals surface area (Å²) in [4.78, 5) is 14.3. The van der Waals surface area contributed by atoms with Crippen LogP contribution >= 0.6 is 0 Å². The normalized spacial score (nSPS) is 19.0. The molecule has 1 aromatic rings. The first-order valence-corrected chi connectivity index (χ1v) is 13.6. The second kappa shape index (κ2) is 12.5. The minimum absolute atomic E-state index is 0.155. The minimum atomic E-state index is 0.155. The Balaban J connectivity index is 1.89. The summed E-state index contributed by atoms with van der Waals surface area (Å²) in [6, 6.07) is 10.1. The van der Waals surface area contributed by atoms with Crippen molar-refractivity contribution in [1.29, 1.82) is 0 Å². The van der Waals surface area contributed by atoms with E-state index in [2.05, 4.69) is 31.2 Å². The molecule has 5 heteroatoms. The number of nitrogens with zero attached hydrogens (tertiary/aromatic N) is 1. The number of methoxy groups -OCH3 is 2. The summed E-state index contributed by atoms with van der Waals surface area (Å²) in [5, 5.41) is 0. The van der Waals surface area contributed by atoms with Gasteiger partial charge in [0.1, 0.15) is 0 Å². The van der Waals surface area contributed by atoms with Gasteiger partial charge in [0.2, 0.25) is 0 Å². The maximum atomic E-state index is 12.5. The molecule has 0 N–H and O–H groups in total. The molecule has 0 aliphatic carbocycles. The number of allylic oxidation sites excluding steroid dienone is 2. The van der Waals surface area contributed by atoms with Gasteiger partial charge in [0, 0.05) is 0 Å². The Bertz CT molecular complexity index is 659. The molecule has 0 bridgehead atoms. The molecule has 3 atom stereocenters. The fraction of sp³-hybridized carbons (Fsp3) is 0.522. The molecule has 0 spiro atoms. The maximum absolute atomic E-state index is 12.5. The Kier molecular flexibility index (Phi) is 10.4. The molecule has 1 heterocycles. The fourth-order valence-corrected chi connectivity index (χ4v) is 5.88. The summed E-state index contributed by atoms with van der Waals surface area (Å²) >= 11 is 0.486. The molecule has 0 saturated heterocycles. The number of rotatable bonds is 11. The topological polar surface area (TPSA) is 38.8 Å². The van der Waals surface area contributed by atoms with Gasteiger partial charge in [-0.3, -0.25) is 0 Å². The molecule has 152 valence electrons. The van der Waals surface area contributed by atoms with Crippen LogP contribution in [0.5, 0.6) is 0 Å². The summed E-state index contributed by atoms with van der Waals surface area (Å²) in [6.07, 6.45) is 11.4. The average Bonchev–Trinajstić information content (AvgIpc) is 2.70. The van der Waals surface area contributed by atoms with Gasteiger partial charge in [0.05, 0.1) is 0 Å². The van der Waals surface area contributed by atoms with E-state index < -0.39 is 0 Å². The van der Waals surface area contributed by atoms with E-state index in [0.717, 1.165) is 36.8 Å². The van der Waals surface area contributed by atoms with E-state index in [-0.39, 0.29) is 18.1 Å². The zero-order valence-electron chi connectivity index (χ0n) is 17.8. The predicted molar refractivity (Wildman–Crippen MR) is 117 cm³/mol. The third-order valence-electron chi connectivity index (χ3n) is 5.34. The van der Waals surface area contributed by atoms with Crippen LogP contribution in [0.15, 0.2) is 54.3 Å². The first-order chi connectivity index (χ1) is 13.6. The van der Waals surface area contributed by atoms with Gasteiger partial charge in [-0.05, 0) is 0 Å². The molecular weight excluding hydrogens is 453 g/mol. The van der Waals surface area contributed by atoms with Crippen LogP contribution in [-0.2, 0) is 20.8 Å². The molecular formula is C23H34InNO3. The van der Waals surface area contributed by atoms with Gasteiger partial charge in [0.15, 0.2) is 0 Å². The molecule has 0 saturated carbocycles. The van der Waals surface area contributed by atoms with E-state index in [1.807, 2.05) is 29.3 Å². The Morgan fingerprint density at radius 2 is 1.79 bits per heavy atom. The summed E-state index contributed by atoms with van der Waals surface area (Å²) < 4.78 is 11.9. The summed E-state index contributed by atoms with van der Waals surface area (Å²) in [6.45, 7) is 2.82. The van der Waals surface area contributed by atoms with Gasteiger partial charge in [-0.2, -0.15) is 0 Å². The predicted octanol–water partition coefficient (Wildman–Crippen LogP) is 3.89. The van der Waals surface area contributed by atoms with Crippen LogP contribution in [0.2, 0.25) is 3.67 Å². The van der Waals surface area contributed by atoms with E-state index in [1.165, 1.54) is 0 Å². The molecule has 4 nitrogen and oxygen atoms in total. The summed E-state index contributed by atoms with van der Waals surface area (Å²) in [5.74, 6) is 0.178. The number of carbonyl (C=O) groups excluding carboxylic acids is 1. The number of amides is 1. The third-order valence-corrected chi connectivity index (χ3v) is 7.94. The van der Waals surface area contributed by atoms with E-state index in [4.69, 9.17) is 9.47 Å². The van der Waals surface area contributed by atoms with Crippen molar-refractivity contribution >= 4 is 30.3 Å². The van der Waals surface area contributed by atoms with E-state index in [9.17, 15) is 4.79 Å². The molecule has 1 aromatic carbocycles. The van der Waals surface area contributed by atoms with Crippen LogP contribution in [0.3, 0.4) is 0 Å². The van der Waals surface area contributed by atoms with Crippen LogP contribution in [0, 0.1) is 0 Å². The number of hydrogen-bond donors (Lipinski definition) is 0. The zero-order valence-corrected chi connectivity index (χ0v) is 23.5. The van der Waals surface area contributed by atoms with Gasteiger partial charge in [-0.1, -0.05) is 0 Å². The number of carbonyl (C=O) groups is 1. The molecule has 0 fully saturated rings. The van der Waals surface area contributed by atoms with Gasteiger partial charge >= 0.3 is 185 Å². The molecule has 1 amide bonds. The number of ether oxygens (including phenoxy) is 2. The zero-order chi connectivity index (χ0) is 20.4. The second-order valence-corrected chi connectivity index (χ2v) is 11.9. The Labute approximate surface area is 184 Å². The quantitative estimate of drug-likeness (QED) is 0.476. The van der Waals surface area contributed by atoms with Crippen LogP contribution in [0.1, 0.15) is 44.6 Å². The van der Waals surface area contributed by atoms with Crippen molar-refractivity contribution in [1.82, 2.24) is 4.90 Å². The first kappa shape index (κ1) is 23.2. The van der Waals surface area contributed by atoms with Crippen LogP contribution in [0.4, 0.5) is 0 Å². The molecule has 28 heavy (non-hydrogen) atoms. The van der Waals surface area contributed by atoms with Crippen molar-refractivity contribution in [3.8, 4) is 0 Å². The van der Waals surface area contributed by atoms with E-state index in [1.54, 1.807) is 14.2 Å². The molecule has 2 rings (SSSR count). The van der Waals surface area contributed by atoms with Gasteiger partial charge < -0.3 is 0 Å². The van der Waals surface area contributed by atoms with Crippen molar-refractivity contribution in [2.24, 2.45) is 0 Å².